The van der Waals surface area contributed by atoms with Crippen LogP contribution in [0.2, 0.25) is 0 Å². The maximum absolute atomic E-state index is 13.3. The third-order valence-electron chi connectivity index (χ3n) is 5.13. The monoisotopic (exact) mass is 380 g/mol. The van der Waals surface area contributed by atoms with E-state index in [2.05, 4.69) is 25.0 Å². The number of aromatic amines is 1. The van der Waals surface area contributed by atoms with Gasteiger partial charge in [-0.05, 0) is 44.6 Å². The highest BCUT2D eigenvalue weighted by Crippen LogP contribution is 2.34. The van der Waals surface area contributed by atoms with Gasteiger partial charge in [0.1, 0.15) is 11.6 Å². The van der Waals surface area contributed by atoms with E-state index in [0.29, 0.717) is 5.92 Å². The molecule has 1 aliphatic heterocycles. The standard InChI is InChI=1S/C21H25FN6/c1-27(2)14-18-10-23-12-20(25-18)28-9-3-4-16(13-28)21-19(11-24-26-21)15-5-7-17(22)8-6-15/h5-8,10-12,16H,3-4,9,13-14H2,1-2H3,(H,24,26). The van der Waals surface area contributed by atoms with E-state index < -0.39 is 0 Å². The molecule has 146 valence electrons. The Morgan fingerprint density at radius 2 is 2.00 bits per heavy atom. The van der Waals surface area contributed by atoms with Crippen LogP contribution in [0.4, 0.5) is 10.2 Å². The third-order valence-corrected chi connectivity index (χ3v) is 5.13. The van der Waals surface area contributed by atoms with Gasteiger partial charge >= 0.3 is 0 Å². The molecule has 1 fully saturated rings. The summed E-state index contributed by atoms with van der Waals surface area (Å²) >= 11 is 0. The quantitative estimate of drug-likeness (QED) is 0.735. The zero-order valence-electron chi connectivity index (χ0n) is 16.3. The summed E-state index contributed by atoms with van der Waals surface area (Å²) in [6, 6.07) is 6.59. The number of aromatic nitrogens is 4. The molecule has 28 heavy (non-hydrogen) atoms. The number of rotatable bonds is 5. The first-order valence-corrected chi connectivity index (χ1v) is 9.60. The van der Waals surface area contributed by atoms with Crippen LogP contribution in [-0.2, 0) is 6.54 Å². The second-order valence-electron chi connectivity index (χ2n) is 7.60. The summed E-state index contributed by atoms with van der Waals surface area (Å²) in [4.78, 5) is 13.6. The minimum absolute atomic E-state index is 0.228. The summed E-state index contributed by atoms with van der Waals surface area (Å²) in [5.41, 5.74) is 4.10. The van der Waals surface area contributed by atoms with Crippen LogP contribution < -0.4 is 4.90 Å². The van der Waals surface area contributed by atoms with E-state index in [4.69, 9.17) is 4.98 Å². The molecule has 1 atom stereocenters. The molecule has 0 radical (unpaired) electrons. The summed E-state index contributed by atoms with van der Waals surface area (Å²) in [5.74, 6) is 1.01. The van der Waals surface area contributed by atoms with Crippen LogP contribution in [-0.4, -0.2) is 52.3 Å². The Bertz CT molecular complexity index is 921. The van der Waals surface area contributed by atoms with Crippen molar-refractivity contribution in [3.05, 3.63) is 60.1 Å². The van der Waals surface area contributed by atoms with E-state index in [1.54, 1.807) is 12.1 Å². The maximum Gasteiger partial charge on any atom is 0.147 e. The zero-order valence-corrected chi connectivity index (χ0v) is 16.3. The van der Waals surface area contributed by atoms with Crippen molar-refractivity contribution in [2.75, 3.05) is 32.1 Å². The first-order chi connectivity index (χ1) is 13.6. The Balaban J connectivity index is 1.55. The van der Waals surface area contributed by atoms with E-state index in [9.17, 15) is 4.39 Å². The summed E-state index contributed by atoms with van der Waals surface area (Å²) in [5, 5.41) is 7.45. The van der Waals surface area contributed by atoms with E-state index in [1.807, 2.05) is 32.7 Å². The van der Waals surface area contributed by atoms with Gasteiger partial charge in [-0.15, -0.1) is 0 Å². The Morgan fingerprint density at radius 1 is 1.18 bits per heavy atom. The van der Waals surface area contributed by atoms with Crippen molar-refractivity contribution in [2.24, 2.45) is 0 Å². The lowest BCUT2D eigenvalue weighted by Gasteiger charge is -2.33. The molecule has 1 saturated heterocycles. The highest BCUT2D eigenvalue weighted by Gasteiger charge is 2.26. The molecule has 4 rings (SSSR count). The van der Waals surface area contributed by atoms with Gasteiger partial charge in [0.2, 0.25) is 0 Å². The van der Waals surface area contributed by atoms with E-state index >= 15 is 0 Å². The molecule has 0 bridgehead atoms. The van der Waals surface area contributed by atoms with Crippen molar-refractivity contribution >= 4 is 5.82 Å². The maximum atomic E-state index is 13.3. The van der Waals surface area contributed by atoms with Gasteiger partial charge in [-0.25, -0.2) is 9.37 Å². The lowest BCUT2D eigenvalue weighted by molar-refractivity contribution is 0.395. The number of anilines is 1. The fourth-order valence-corrected chi connectivity index (χ4v) is 3.84. The molecule has 7 heteroatoms. The van der Waals surface area contributed by atoms with Gasteiger partial charge in [-0.3, -0.25) is 10.1 Å². The average molecular weight is 380 g/mol. The molecular weight excluding hydrogens is 355 g/mol. The molecule has 0 aliphatic carbocycles. The molecule has 0 saturated carbocycles. The molecule has 1 aromatic carbocycles. The first-order valence-electron chi connectivity index (χ1n) is 9.60. The number of piperidine rings is 1. The fourth-order valence-electron chi connectivity index (χ4n) is 3.84. The van der Waals surface area contributed by atoms with Crippen LogP contribution in [0, 0.1) is 5.82 Å². The number of hydrogen-bond acceptors (Lipinski definition) is 5. The number of halogens is 1. The van der Waals surface area contributed by atoms with Crippen LogP contribution >= 0.6 is 0 Å². The van der Waals surface area contributed by atoms with Crippen LogP contribution in [0.15, 0.2) is 42.9 Å². The second-order valence-corrected chi connectivity index (χ2v) is 7.60. The smallest absolute Gasteiger partial charge is 0.147 e. The number of hydrogen-bond donors (Lipinski definition) is 1. The highest BCUT2D eigenvalue weighted by molar-refractivity contribution is 5.66. The molecule has 3 aromatic rings. The lowest BCUT2D eigenvalue weighted by atomic mass is 9.90. The number of benzene rings is 1. The minimum Gasteiger partial charge on any atom is -0.355 e. The van der Waals surface area contributed by atoms with Gasteiger partial charge in [-0.1, -0.05) is 12.1 Å². The highest BCUT2D eigenvalue weighted by atomic mass is 19.1. The number of nitrogens with zero attached hydrogens (tertiary/aromatic N) is 5. The van der Waals surface area contributed by atoms with Gasteiger partial charge in [0.25, 0.3) is 0 Å². The van der Waals surface area contributed by atoms with Crippen molar-refractivity contribution in [2.45, 2.75) is 25.3 Å². The summed E-state index contributed by atoms with van der Waals surface area (Å²) in [6.45, 7) is 2.60. The van der Waals surface area contributed by atoms with Gasteiger partial charge in [-0.2, -0.15) is 5.10 Å². The molecule has 2 aromatic heterocycles. The molecule has 1 aliphatic rings. The van der Waals surface area contributed by atoms with Gasteiger partial charge < -0.3 is 9.80 Å². The van der Waals surface area contributed by atoms with Crippen LogP contribution in [0.3, 0.4) is 0 Å². The predicted octanol–water partition coefficient (Wildman–Crippen LogP) is 3.45. The molecule has 3 heterocycles. The largest absolute Gasteiger partial charge is 0.355 e. The van der Waals surface area contributed by atoms with Crippen molar-refractivity contribution in [1.82, 2.24) is 25.1 Å². The van der Waals surface area contributed by atoms with Crippen molar-refractivity contribution in [3.63, 3.8) is 0 Å². The Labute approximate surface area is 164 Å². The molecule has 0 amide bonds. The Kier molecular flexibility index (Phi) is 5.34. The van der Waals surface area contributed by atoms with Gasteiger partial charge in [0.15, 0.2) is 0 Å². The molecule has 1 unspecified atom stereocenters. The lowest BCUT2D eigenvalue weighted by Crippen LogP contribution is -2.35. The van der Waals surface area contributed by atoms with E-state index in [0.717, 1.165) is 60.8 Å². The topological polar surface area (TPSA) is 60.9 Å². The molecule has 0 spiro atoms. The number of H-pyrrole nitrogens is 1. The van der Waals surface area contributed by atoms with Crippen LogP contribution in [0.25, 0.3) is 11.1 Å². The molecular formula is C21H25FN6. The van der Waals surface area contributed by atoms with E-state index in [1.165, 1.54) is 12.1 Å². The minimum atomic E-state index is -0.228. The van der Waals surface area contributed by atoms with Crippen molar-refractivity contribution in [3.8, 4) is 11.1 Å². The Hall–Kier alpha value is -2.80. The normalized spacial score (nSPS) is 17.3. The van der Waals surface area contributed by atoms with E-state index in [-0.39, 0.29) is 5.82 Å². The van der Waals surface area contributed by atoms with Crippen molar-refractivity contribution < 1.29 is 4.39 Å². The Morgan fingerprint density at radius 3 is 2.79 bits per heavy atom. The first kappa shape index (κ1) is 18.6. The predicted molar refractivity (Wildman–Crippen MR) is 108 cm³/mol. The van der Waals surface area contributed by atoms with Crippen LogP contribution in [0.1, 0.15) is 30.1 Å². The third kappa shape index (κ3) is 4.04. The van der Waals surface area contributed by atoms with Crippen molar-refractivity contribution in [1.29, 1.82) is 0 Å². The van der Waals surface area contributed by atoms with Gasteiger partial charge in [0, 0.05) is 43.0 Å². The summed E-state index contributed by atoms with van der Waals surface area (Å²) < 4.78 is 13.3. The fraction of sp³-hybridized carbons (Fsp3) is 0.381. The van der Waals surface area contributed by atoms with Crippen LogP contribution in [0.5, 0.6) is 0 Å². The average Bonchev–Trinajstić information content (AvgIpc) is 3.18. The molecule has 6 nitrogen and oxygen atoms in total. The summed E-state index contributed by atoms with van der Waals surface area (Å²) in [6.07, 6.45) is 7.66. The van der Waals surface area contributed by atoms with Gasteiger partial charge in [0.05, 0.1) is 18.1 Å². The molecule has 1 N–H and O–H groups in total. The zero-order chi connectivity index (χ0) is 19.5. The summed E-state index contributed by atoms with van der Waals surface area (Å²) in [7, 11) is 4.06. The SMILES string of the molecule is CN(C)Cc1cncc(N2CCCC(c3[nH]ncc3-c3ccc(F)cc3)C2)n1. The number of nitrogens with one attached hydrogen (secondary N) is 1. The second kappa shape index (κ2) is 8.06.